The molecule has 0 spiro atoms. The highest BCUT2D eigenvalue weighted by Gasteiger charge is 2.25. The second kappa shape index (κ2) is 3.63. The van der Waals surface area contributed by atoms with E-state index in [1.54, 1.807) is 0 Å². The monoisotopic (exact) mass is 206 g/mol. The Balaban J connectivity index is 1.85. The lowest BCUT2D eigenvalue weighted by atomic mass is 9.99. The van der Waals surface area contributed by atoms with E-state index in [-0.39, 0.29) is 6.10 Å². The van der Waals surface area contributed by atoms with Crippen molar-refractivity contribution >= 4 is 0 Å². The number of aliphatic hydroxyl groups excluding tert-OH is 1. The Morgan fingerprint density at radius 2 is 2.00 bits per heavy atom. The van der Waals surface area contributed by atoms with Gasteiger partial charge in [0.15, 0.2) is 0 Å². The molecule has 2 aliphatic carbocycles. The topological polar surface area (TPSA) is 48.9 Å². The molecule has 1 aromatic heterocycles. The van der Waals surface area contributed by atoms with Crippen molar-refractivity contribution in [3.05, 3.63) is 17.2 Å². The van der Waals surface area contributed by atoms with E-state index in [2.05, 4.69) is 4.98 Å². The normalized spacial score (nSPS) is 26.9. The van der Waals surface area contributed by atoms with Gasteiger partial charge in [-0.2, -0.15) is 0 Å². The van der Waals surface area contributed by atoms with Crippen LogP contribution >= 0.6 is 0 Å². The molecule has 0 saturated heterocycles. The zero-order valence-electron chi connectivity index (χ0n) is 9.00. The van der Waals surface area contributed by atoms with Gasteiger partial charge in [0.05, 0.1) is 11.8 Å². The summed E-state index contributed by atoms with van der Waals surface area (Å²) in [4.78, 5) is 8.14. The molecule has 1 atom stereocenters. The Labute approximate surface area is 89.9 Å². The van der Waals surface area contributed by atoms with Crippen molar-refractivity contribution in [3.8, 4) is 0 Å². The SMILES string of the molecule is OC1CCc2nc(C3CCCC3)[nH]c2C1. The van der Waals surface area contributed by atoms with Gasteiger partial charge in [0.1, 0.15) is 5.82 Å². The molecule has 1 unspecified atom stereocenters. The number of hydrogen-bond donors (Lipinski definition) is 2. The maximum atomic E-state index is 9.58. The van der Waals surface area contributed by atoms with Crippen LogP contribution in [0.5, 0.6) is 0 Å². The van der Waals surface area contributed by atoms with E-state index in [0.29, 0.717) is 5.92 Å². The molecule has 1 saturated carbocycles. The number of hydrogen-bond acceptors (Lipinski definition) is 2. The molecule has 0 bridgehead atoms. The third-order valence-corrected chi connectivity index (χ3v) is 3.78. The predicted molar refractivity (Wildman–Crippen MR) is 57.8 cm³/mol. The average molecular weight is 206 g/mol. The molecule has 1 heterocycles. The maximum Gasteiger partial charge on any atom is 0.109 e. The third-order valence-electron chi connectivity index (χ3n) is 3.78. The first-order chi connectivity index (χ1) is 7.33. The van der Waals surface area contributed by atoms with Gasteiger partial charge in [-0.05, 0) is 25.7 Å². The van der Waals surface area contributed by atoms with Crippen LogP contribution in [0, 0.1) is 0 Å². The van der Waals surface area contributed by atoms with Gasteiger partial charge < -0.3 is 10.1 Å². The molecule has 0 radical (unpaired) electrons. The van der Waals surface area contributed by atoms with E-state index in [9.17, 15) is 5.11 Å². The van der Waals surface area contributed by atoms with Gasteiger partial charge in [-0.15, -0.1) is 0 Å². The number of rotatable bonds is 1. The smallest absolute Gasteiger partial charge is 0.109 e. The molecule has 15 heavy (non-hydrogen) atoms. The van der Waals surface area contributed by atoms with Crippen LogP contribution in [0.2, 0.25) is 0 Å². The molecule has 0 amide bonds. The first-order valence-electron chi connectivity index (χ1n) is 6.08. The number of aromatic nitrogens is 2. The molecule has 2 N–H and O–H groups in total. The lowest BCUT2D eigenvalue weighted by Gasteiger charge is -2.15. The first kappa shape index (κ1) is 9.40. The van der Waals surface area contributed by atoms with E-state index in [1.165, 1.54) is 42.9 Å². The second-order valence-corrected chi connectivity index (χ2v) is 4.93. The lowest BCUT2D eigenvalue weighted by Crippen LogP contribution is -2.18. The highest BCUT2D eigenvalue weighted by Crippen LogP contribution is 2.33. The molecule has 3 rings (SSSR count). The summed E-state index contributed by atoms with van der Waals surface area (Å²) in [6.45, 7) is 0. The summed E-state index contributed by atoms with van der Waals surface area (Å²) in [5.41, 5.74) is 2.40. The summed E-state index contributed by atoms with van der Waals surface area (Å²) >= 11 is 0. The molecule has 1 aromatic rings. The van der Waals surface area contributed by atoms with Gasteiger partial charge in [-0.1, -0.05) is 12.8 Å². The number of fused-ring (bicyclic) bond motifs is 1. The van der Waals surface area contributed by atoms with E-state index in [4.69, 9.17) is 4.98 Å². The molecule has 1 fully saturated rings. The van der Waals surface area contributed by atoms with Crippen LogP contribution in [0.4, 0.5) is 0 Å². The number of imidazole rings is 1. The minimum atomic E-state index is -0.158. The Kier molecular flexibility index (Phi) is 2.28. The number of nitrogens with zero attached hydrogens (tertiary/aromatic N) is 1. The van der Waals surface area contributed by atoms with Crippen LogP contribution < -0.4 is 0 Å². The van der Waals surface area contributed by atoms with Crippen molar-refractivity contribution in [2.24, 2.45) is 0 Å². The van der Waals surface area contributed by atoms with Gasteiger partial charge in [-0.3, -0.25) is 0 Å². The van der Waals surface area contributed by atoms with Crippen molar-refractivity contribution in [2.45, 2.75) is 57.0 Å². The summed E-state index contributed by atoms with van der Waals surface area (Å²) in [6.07, 6.45) is 7.70. The van der Waals surface area contributed by atoms with Gasteiger partial charge in [0, 0.05) is 18.0 Å². The van der Waals surface area contributed by atoms with Crippen LogP contribution in [0.25, 0.3) is 0 Å². The van der Waals surface area contributed by atoms with Crippen LogP contribution in [-0.4, -0.2) is 21.2 Å². The summed E-state index contributed by atoms with van der Waals surface area (Å²) in [6, 6.07) is 0. The Morgan fingerprint density at radius 1 is 1.20 bits per heavy atom. The molecular formula is C12H18N2O. The average Bonchev–Trinajstić information content (AvgIpc) is 2.84. The van der Waals surface area contributed by atoms with Gasteiger partial charge in [0.2, 0.25) is 0 Å². The van der Waals surface area contributed by atoms with Crippen molar-refractivity contribution < 1.29 is 5.11 Å². The minimum absolute atomic E-state index is 0.158. The molecule has 3 heteroatoms. The number of aliphatic hydroxyl groups is 1. The van der Waals surface area contributed by atoms with Gasteiger partial charge >= 0.3 is 0 Å². The molecule has 0 aromatic carbocycles. The zero-order valence-corrected chi connectivity index (χ0v) is 9.00. The molecule has 3 nitrogen and oxygen atoms in total. The fourth-order valence-corrected chi connectivity index (χ4v) is 2.88. The molecule has 2 aliphatic rings. The predicted octanol–water partition coefficient (Wildman–Crippen LogP) is 1.92. The summed E-state index contributed by atoms with van der Waals surface area (Å²) < 4.78 is 0. The highest BCUT2D eigenvalue weighted by atomic mass is 16.3. The molecular weight excluding hydrogens is 188 g/mol. The first-order valence-corrected chi connectivity index (χ1v) is 6.08. The molecule has 0 aliphatic heterocycles. The van der Waals surface area contributed by atoms with Crippen LogP contribution in [-0.2, 0) is 12.8 Å². The standard InChI is InChI=1S/C12H18N2O/c15-9-5-6-10-11(7-9)14-12(13-10)8-3-1-2-4-8/h8-9,15H,1-7H2,(H,13,14). The van der Waals surface area contributed by atoms with E-state index >= 15 is 0 Å². The van der Waals surface area contributed by atoms with E-state index in [0.717, 1.165) is 19.3 Å². The molecule has 82 valence electrons. The van der Waals surface area contributed by atoms with Crippen LogP contribution in [0.3, 0.4) is 0 Å². The van der Waals surface area contributed by atoms with E-state index < -0.39 is 0 Å². The zero-order chi connectivity index (χ0) is 10.3. The van der Waals surface area contributed by atoms with Crippen molar-refractivity contribution in [2.75, 3.05) is 0 Å². The Hall–Kier alpha value is -0.830. The number of aryl methyl sites for hydroxylation is 1. The quantitative estimate of drug-likeness (QED) is 0.737. The highest BCUT2D eigenvalue weighted by molar-refractivity contribution is 5.20. The number of aromatic amines is 1. The van der Waals surface area contributed by atoms with Crippen LogP contribution in [0.1, 0.15) is 55.2 Å². The van der Waals surface area contributed by atoms with Crippen molar-refractivity contribution in [3.63, 3.8) is 0 Å². The fraction of sp³-hybridized carbons (Fsp3) is 0.750. The maximum absolute atomic E-state index is 9.58. The minimum Gasteiger partial charge on any atom is -0.393 e. The lowest BCUT2D eigenvalue weighted by molar-refractivity contribution is 0.157. The van der Waals surface area contributed by atoms with Gasteiger partial charge in [-0.25, -0.2) is 4.98 Å². The number of nitrogens with one attached hydrogen (secondary N) is 1. The second-order valence-electron chi connectivity index (χ2n) is 4.93. The number of H-pyrrole nitrogens is 1. The van der Waals surface area contributed by atoms with E-state index in [1.807, 2.05) is 0 Å². The van der Waals surface area contributed by atoms with Crippen molar-refractivity contribution in [1.82, 2.24) is 9.97 Å². The van der Waals surface area contributed by atoms with Crippen molar-refractivity contribution in [1.29, 1.82) is 0 Å². The third kappa shape index (κ3) is 1.69. The fourth-order valence-electron chi connectivity index (χ4n) is 2.88. The summed E-state index contributed by atoms with van der Waals surface area (Å²) in [5, 5.41) is 9.58. The Morgan fingerprint density at radius 3 is 2.80 bits per heavy atom. The van der Waals surface area contributed by atoms with Crippen LogP contribution in [0.15, 0.2) is 0 Å². The van der Waals surface area contributed by atoms with Gasteiger partial charge in [0.25, 0.3) is 0 Å². The largest absolute Gasteiger partial charge is 0.393 e. The Bertz CT molecular complexity index is 353. The summed E-state index contributed by atoms with van der Waals surface area (Å²) in [7, 11) is 0. The summed E-state index contributed by atoms with van der Waals surface area (Å²) in [5.74, 6) is 1.85.